The normalized spacial score (nSPS) is 16.1. The van der Waals surface area contributed by atoms with Crippen molar-refractivity contribution in [2.45, 2.75) is 51.6 Å². The first-order valence-electron chi connectivity index (χ1n) is 6.96. The Labute approximate surface area is 118 Å². The number of rotatable bonds is 4. The Hall–Kier alpha value is -1.92. The third-order valence-electron chi connectivity index (χ3n) is 4.02. The molecular formula is C13H21N5O2. The second-order valence-electron chi connectivity index (χ2n) is 5.34. The van der Waals surface area contributed by atoms with Crippen molar-refractivity contribution in [2.75, 3.05) is 7.05 Å². The maximum Gasteiger partial charge on any atom is 0.271 e. The van der Waals surface area contributed by atoms with Gasteiger partial charge in [0.2, 0.25) is 5.91 Å². The highest BCUT2D eigenvalue weighted by Crippen LogP contribution is 2.21. The third-order valence-corrected chi connectivity index (χ3v) is 4.02. The smallest absolute Gasteiger partial charge is 0.271 e. The van der Waals surface area contributed by atoms with Crippen LogP contribution in [0.4, 0.5) is 0 Å². The zero-order valence-corrected chi connectivity index (χ0v) is 12.0. The van der Waals surface area contributed by atoms with Gasteiger partial charge in [0.25, 0.3) is 5.91 Å². The van der Waals surface area contributed by atoms with E-state index in [9.17, 15) is 9.59 Å². The van der Waals surface area contributed by atoms with Crippen molar-refractivity contribution in [2.24, 2.45) is 5.73 Å². The molecule has 2 amide bonds. The van der Waals surface area contributed by atoms with Crippen molar-refractivity contribution in [3.63, 3.8) is 0 Å². The lowest BCUT2D eigenvalue weighted by molar-refractivity contribution is -0.133. The molecule has 2 N–H and O–H groups in total. The van der Waals surface area contributed by atoms with Crippen molar-refractivity contribution >= 4 is 11.8 Å². The maximum absolute atomic E-state index is 12.3. The van der Waals surface area contributed by atoms with E-state index in [1.807, 2.05) is 7.05 Å². The van der Waals surface area contributed by atoms with Gasteiger partial charge < -0.3 is 10.6 Å². The average molecular weight is 279 g/mol. The van der Waals surface area contributed by atoms with Crippen molar-refractivity contribution in [1.29, 1.82) is 0 Å². The molecule has 1 saturated carbocycles. The van der Waals surface area contributed by atoms with Crippen LogP contribution < -0.4 is 5.73 Å². The van der Waals surface area contributed by atoms with E-state index in [0.29, 0.717) is 11.7 Å². The molecule has 1 aromatic heterocycles. The number of amides is 2. The number of carbonyl (C=O) groups excluding carboxylic acids is 2. The molecule has 0 unspecified atom stereocenters. The molecule has 1 aliphatic carbocycles. The van der Waals surface area contributed by atoms with E-state index in [4.69, 9.17) is 5.73 Å². The summed E-state index contributed by atoms with van der Waals surface area (Å²) in [4.78, 5) is 25.2. The van der Waals surface area contributed by atoms with Crippen LogP contribution in [-0.2, 0) is 11.3 Å². The lowest BCUT2D eigenvalue weighted by atomic mass is 9.94. The second-order valence-corrected chi connectivity index (χ2v) is 5.34. The Balaban J connectivity index is 2.02. The van der Waals surface area contributed by atoms with Crippen LogP contribution >= 0.6 is 0 Å². The van der Waals surface area contributed by atoms with E-state index in [1.54, 1.807) is 11.8 Å². The summed E-state index contributed by atoms with van der Waals surface area (Å²) in [6, 6.07) is 0.315. The van der Waals surface area contributed by atoms with Crippen LogP contribution in [0.3, 0.4) is 0 Å². The molecule has 7 heteroatoms. The molecular weight excluding hydrogens is 258 g/mol. The highest BCUT2D eigenvalue weighted by atomic mass is 16.2. The highest BCUT2D eigenvalue weighted by molar-refractivity contribution is 5.91. The lowest BCUT2D eigenvalue weighted by Gasteiger charge is -2.31. The van der Waals surface area contributed by atoms with Crippen LogP contribution in [-0.4, -0.2) is 44.8 Å². The molecule has 110 valence electrons. The second kappa shape index (κ2) is 6.02. The molecule has 0 atom stereocenters. The molecule has 1 fully saturated rings. The zero-order valence-electron chi connectivity index (χ0n) is 12.0. The van der Waals surface area contributed by atoms with Crippen LogP contribution in [0.25, 0.3) is 0 Å². The number of nitrogens with zero attached hydrogens (tertiary/aromatic N) is 4. The van der Waals surface area contributed by atoms with Crippen LogP contribution in [0.2, 0.25) is 0 Å². The van der Waals surface area contributed by atoms with Crippen LogP contribution in [0, 0.1) is 6.92 Å². The molecule has 0 bridgehead atoms. The topological polar surface area (TPSA) is 94.1 Å². The summed E-state index contributed by atoms with van der Waals surface area (Å²) < 4.78 is 1.43. The molecule has 1 aromatic rings. The molecule has 7 nitrogen and oxygen atoms in total. The van der Waals surface area contributed by atoms with E-state index in [0.717, 1.165) is 12.8 Å². The molecule has 0 aromatic carbocycles. The van der Waals surface area contributed by atoms with Gasteiger partial charge in [0.05, 0.1) is 5.69 Å². The fourth-order valence-electron chi connectivity index (χ4n) is 2.65. The summed E-state index contributed by atoms with van der Waals surface area (Å²) in [5.74, 6) is -0.636. The summed E-state index contributed by atoms with van der Waals surface area (Å²) in [5.41, 5.74) is 5.84. The van der Waals surface area contributed by atoms with E-state index in [2.05, 4.69) is 10.3 Å². The molecule has 20 heavy (non-hydrogen) atoms. The Morgan fingerprint density at radius 3 is 2.55 bits per heavy atom. The van der Waals surface area contributed by atoms with Crippen molar-refractivity contribution < 1.29 is 9.59 Å². The molecule has 1 aliphatic rings. The lowest BCUT2D eigenvalue weighted by Crippen LogP contribution is -2.40. The minimum absolute atomic E-state index is 0.0130. The van der Waals surface area contributed by atoms with Crippen molar-refractivity contribution in [3.8, 4) is 0 Å². The van der Waals surface area contributed by atoms with Gasteiger partial charge in [-0.25, -0.2) is 4.68 Å². The Morgan fingerprint density at radius 1 is 1.35 bits per heavy atom. The highest BCUT2D eigenvalue weighted by Gasteiger charge is 2.23. The largest absolute Gasteiger partial charge is 0.364 e. The fraction of sp³-hybridized carbons (Fsp3) is 0.692. The van der Waals surface area contributed by atoms with Gasteiger partial charge in [-0.15, -0.1) is 5.10 Å². The summed E-state index contributed by atoms with van der Waals surface area (Å²) in [6.07, 6.45) is 5.73. The number of aromatic nitrogens is 3. The van der Waals surface area contributed by atoms with Gasteiger partial charge in [-0.2, -0.15) is 0 Å². The van der Waals surface area contributed by atoms with Crippen molar-refractivity contribution in [3.05, 3.63) is 11.4 Å². The van der Waals surface area contributed by atoms with Gasteiger partial charge in [-0.1, -0.05) is 24.5 Å². The fourth-order valence-corrected chi connectivity index (χ4v) is 2.65. The maximum atomic E-state index is 12.3. The Bertz CT molecular complexity index is 505. The summed E-state index contributed by atoms with van der Waals surface area (Å²) in [6.45, 7) is 1.78. The molecule has 1 heterocycles. The van der Waals surface area contributed by atoms with Gasteiger partial charge in [-0.3, -0.25) is 9.59 Å². The first-order chi connectivity index (χ1) is 9.50. The minimum Gasteiger partial charge on any atom is -0.364 e. The number of hydrogen-bond donors (Lipinski definition) is 1. The van der Waals surface area contributed by atoms with Crippen LogP contribution in [0.15, 0.2) is 0 Å². The van der Waals surface area contributed by atoms with E-state index in [1.165, 1.54) is 23.9 Å². The quantitative estimate of drug-likeness (QED) is 0.867. The average Bonchev–Trinajstić information content (AvgIpc) is 2.80. The van der Waals surface area contributed by atoms with E-state index in [-0.39, 0.29) is 18.1 Å². The van der Waals surface area contributed by atoms with Gasteiger partial charge in [-0.05, 0) is 19.8 Å². The number of primary amides is 1. The molecule has 0 saturated heterocycles. The first-order valence-corrected chi connectivity index (χ1v) is 6.96. The number of likely N-dealkylation sites (N-methyl/N-ethyl adjacent to an activating group) is 1. The first kappa shape index (κ1) is 14.5. The SMILES string of the molecule is Cc1c(C(N)=O)nnn1CC(=O)N(C)C1CCCCC1. The molecule has 0 aliphatic heterocycles. The standard InChI is InChI=1S/C13H21N5O2/c1-9-12(13(14)20)15-16-18(9)8-11(19)17(2)10-6-4-3-5-7-10/h10H,3-8H2,1-2H3,(H2,14,20). The number of carbonyl (C=O) groups is 2. The Kier molecular flexibility index (Phi) is 4.36. The van der Waals surface area contributed by atoms with Crippen molar-refractivity contribution in [1.82, 2.24) is 19.9 Å². The third kappa shape index (κ3) is 2.97. The summed E-state index contributed by atoms with van der Waals surface area (Å²) in [5, 5.41) is 7.53. The summed E-state index contributed by atoms with van der Waals surface area (Å²) in [7, 11) is 1.83. The van der Waals surface area contributed by atoms with E-state index < -0.39 is 5.91 Å². The molecule has 2 rings (SSSR count). The van der Waals surface area contributed by atoms with E-state index >= 15 is 0 Å². The number of hydrogen-bond acceptors (Lipinski definition) is 4. The van der Waals surface area contributed by atoms with Gasteiger partial charge >= 0.3 is 0 Å². The molecule has 0 spiro atoms. The van der Waals surface area contributed by atoms with Gasteiger partial charge in [0.1, 0.15) is 6.54 Å². The predicted octanol–water partition coefficient (Wildman–Crippen LogP) is 0.477. The monoisotopic (exact) mass is 279 g/mol. The number of nitrogens with two attached hydrogens (primary N) is 1. The van der Waals surface area contributed by atoms with Gasteiger partial charge in [0.15, 0.2) is 5.69 Å². The van der Waals surface area contributed by atoms with Gasteiger partial charge in [0, 0.05) is 13.1 Å². The summed E-state index contributed by atoms with van der Waals surface area (Å²) >= 11 is 0. The Morgan fingerprint density at radius 2 is 2.00 bits per heavy atom. The predicted molar refractivity (Wildman–Crippen MR) is 72.9 cm³/mol. The van der Waals surface area contributed by atoms with Crippen LogP contribution in [0.5, 0.6) is 0 Å². The minimum atomic E-state index is -0.623. The zero-order chi connectivity index (χ0) is 14.7. The molecule has 0 radical (unpaired) electrons. The van der Waals surface area contributed by atoms with Crippen LogP contribution in [0.1, 0.15) is 48.3 Å².